The molecule has 0 aromatic rings. The van der Waals surface area contributed by atoms with Crippen molar-refractivity contribution in [2.24, 2.45) is 34.5 Å². The van der Waals surface area contributed by atoms with Crippen LogP contribution in [0.1, 0.15) is 73.1 Å². The molecule has 0 amide bonds. The minimum Gasteiger partial charge on any atom is -0.466 e. The second kappa shape index (κ2) is 11.0. The van der Waals surface area contributed by atoms with E-state index in [0.29, 0.717) is 19.3 Å². The van der Waals surface area contributed by atoms with Crippen LogP contribution in [0.25, 0.3) is 0 Å². The topological polar surface area (TPSA) is 122 Å². The molecule has 0 aromatic carbocycles. The van der Waals surface area contributed by atoms with Crippen molar-refractivity contribution in [3.8, 4) is 0 Å². The van der Waals surface area contributed by atoms with Crippen LogP contribution in [0.4, 0.5) is 0 Å². The highest BCUT2D eigenvalue weighted by Gasteiger charge is 2.60. The summed E-state index contributed by atoms with van der Waals surface area (Å²) in [4.78, 5) is 35.2. The quantitative estimate of drug-likeness (QED) is 0.195. The Morgan fingerprint density at radius 2 is 1.57 bits per heavy atom. The molecule has 3 rings (SSSR count). The van der Waals surface area contributed by atoms with Crippen LogP contribution in [0, 0.1) is 34.5 Å². The summed E-state index contributed by atoms with van der Waals surface area (Å²) in [5.74, 6) is -1.27. The van der Waals surface area contributed by atoms with Crippen molar-refractivity contribution in [1.82, 2.24) is 0 Å². The van der Waals surface area contributed by atoms with Crippen LogP contribution in [0.5, 0.6) is 0 Å². The smallest absolute Gasteiger partial charge is 0.303 e. The Balaban J connectivity index is 1.97. The van der Waals surface area contributed by atoms with E-state index in [1.165, 1.54) is 20.8 Å². The Morgan fingerprint density at radius 3 is 2.14 bits per heavy atom. The molecule has 210 valence electrons. The molecular weight excluding hydrogens is 500 g/mol. The number of hydrogen-bond acceptors (Lipinski definition) is 9. The monoisotopic (exact) mass is 542 g/mol. The fourth-order valence-corrected chi connectivity index (χ4v) is 7.85. The summed E-state index contributed by atoms with van der Waals surface area (Å²) in [5, 5.41) is 0. The first-order valence-corrected chi connectivity index (χ1v) is 14.9. The highest BCUT2D eigenvalue weighted by Crippen LogP contribution is 2.64. The van der Waals surface area contributed by atoms with Gasteiger partial charge in [-0.1, -0.05) is 20.4 Å². The van der Waals surface area contributed by atoms with Crippen molar-refractivity contribution >= 4 is 28.0 Å². The third-order valence-electron chi connectivity index (χ3n) is 9.35. The first-order valence-electron chi connectivity index (χ1n) is 13.1. The van der Waals surface area contributed by atoms with E-state index in [1.807, 2.05) is 0 Å². The van der Waals surface area contributed by atoms with E-state index in [2.05, 4.69) is 20.4 Å². The van der Waals surface area contributed by atoms with Gasteiger partial charge in [-0.2, -0.15) is 8.42 Å². The van der Waals surface area contributed by atoms with E-state index in [1.54, 1.807) is 0 Å². The lowest BCUT2D eigenvalue weighted by atomic mass is 9.49. The molecule has 0 aromatic heterocycles. The molecule has 8 atom stereocenters. The third kappa shape index (κ3) is 6.56. The van der Waals surface area contributed by atoms with E-state index in [0.717, 1.165) is 31.1 Å². The molecular formula is C27H42O9S. The fraction of sp³-hybridized carbons (Fsp3) is 0.815. The van der Waals surface area contributed by atoms with E-state index >= 15 is 0 Å². The zero-order valence-electron chi connectivity index (χ0n) is 22.9. The second-order valence-corrected chi connectivity index (χ2v) is 13.3. The van der Waals surface area contributed by atoms with Gasteiger partial charge in [0.2, 0.25) is 0 Å². The first-order chi connectivity index (χ1) is 17.1. The van der Waals surface area contributed by atoms with E-state index in [4.69, 9.17) is 18.4 Å². The molecule has 3 aliphatic rings. The Labute approximate surface area is 220 Å². The molecule has 0 N–H and O–H groups in total. The third-order valence-corrected chi connectivity index (χ3v) is 9.92. The Hall–Kier alpha value is -1.94. The van der Waals surface area contributed by atoms with Gasteiger partial charge < -0.3 is 14.2 Å². The number of hydrogen-bond donors (Lipinski definition) is 0. The minimum absolute atomic E-state index is 0.00208. The largest absolute Gasteiger partial charge is 0.466 e. The van der Waals surface area contributed by atoms with Crippen LogP contribution in [0.15, 0.2) is 12.2 Å². The predicted octanol–water partition coefficient (Wildman–Crippen LogP) is 3.80. The average molecular weight is 543 g/mol. The van der Waals surface area contributed by atoms with Crippen LogP contribution in [0.3, 0.4) is 0 Å². The summed E-state index contributed by atoms with van der Waals surface area (Å²) >= 11 is 0. The average Bonchev–Trinajstić information content (AvgIpc) is 3.01. The van der Waals surface area contributed by atoms with Crippen LogP contribution < -0.4 is 0 Å². The Kier molecular flexibility index (Phi) is 8.84. The van der Waals surface area contributed by atoms with E-state index in [-0.39, 0.29) is 71.7 Å². The fourth-order valence-electron chi connectivity index (χ4n) is 7.44. The van der Waals surface area contributed by atoms with Crippen molar-refractivity contribution < 1.29 is 41.2 Å². The lowest BCUT2D eigenvalue weighted by molar-refractivity contribution is -0.161. The van der Waals surface area contributed by atoms with Crippen molar-refractivity contribution in [3.05, 3.63) is 12.2 Å². The normalized spacial score (nSPS) is 37.9. The highest BCUT2D eigenvalue weighted by molar-refractivity contribution is 7.85. The highest BCUT2D eigenvalue weighted by atomic mass is 32.2. The predicted molar refractivity (Wildman–Crippen MR) is 136 cm³/mol. The maximum atomic E-state index is 12.1. The Bertz CT molecular complexity index is 1020. The van der Waals surface area contributed by atoms with Crippen LogP contribution in [-0.4, -0.2) is 58.0 Å². The maximum absolute atomic E-state index is 12.1. The molecule has 0 saturated heterocycles. The Morgan fingerprint density at radius 1 is 0.919 bits per heavy atom. The van der Waals surface area contributed by atoms with Gasteiger partial charge in [0.15, 0.2) is 0 Å². The zero-order valence-corrected chi connectivity index (χ0v) is 23.7. The van der Waals surface area contributed by atoms with E-state index in [9.17, 15) is 22.8 Å². The molecule has 0 radical (unpaired) electrons. The standard InChI is InChI=1S/C27H42O9S/c1-16-25(36-19(4)30)13-24-22(15-34-37(7,31)32)23(9-11-26(16,24)5)27(6)10-8-21(35-18(3)29)12-20(27)14-33-17(2)28/h20-25H,1,8-15H2,2-7H3/t20-,21+,22-,23+,24+,25+,26-,27+/m1/s1. The number of carbonyl (C=O) groups is 3. The van der Waals surface area contributed by atoms with E-state index < -0.39 is 16.2 Å². The van der Waals surface area contributed by atoms with Gasteiger partial charge in [-0.05, 0) is 72.7 Å². The van der Waals surface area contributed by atoms with Crippen LogP contribution in [-0.2, 0) is 42.9 Å². The molecule has 0 unspecified atom stereocenters. The summed E-state index contributed by atoms with van der Waals surface area (Å²) in [7, 11) is -3.68. The van der Waals surface area contributed by atoms with Crippen molar-refractivity contribution in [3.63, 3.8) is 0 Å². The summed E-state index contributed by atoms with van der Waals surface area (Å²) in [6.45, 7) is 13.0. The van der Waals surface area contributed by atoms with Gasteiger partial charge in [-0.3, -0.25) is 18.6 Å². The molecule has 0 bridgehead atoms. The summed E-state index contributed by atoms with van der Waals surface area (Å²) in [6.07, 6.45) is 4.51. The molecule has 0 heterocycles. The lowest BCUT2D eigenvalue weighted by Crippen LogP contribution is -2.52. The zero-order chi connectivity index (χ0) is 27.8. The number of esters is 3. The van der Waals surface area contributed by atoms with Gasteiger partial charge in [-0.25, -0.2) is 0 Å². The SMILES string of the molecule is C=C1[C@@H](OC(C)=O)C[C@H]2[C@H](COS(C)(=O)=O)[C@@H]([C@@]3(C)CC[C@H](OC(C)=O)C[C@@H]3COC(C)=O)CC[C@]12C. The van der Waals surface area contributed by atoms with Crippen molar-refractivity contribution in [1.29, 1.82) is 0 Å². The molecule has 3 aliphatic carbocycles. The number of rotatable bonds is 8. The van der Waals surface area contributed by atoms with Gasteiger partial charge in [-0.15, -0.1) is 0 Å². The van der Waals surface area contributed by atoms with Gasteiger partial charge in [0.1, 0.15) is 12.2 Å². The molecule has 37 heavy (non-hydrogen) atoms. The minimum atomic E-state index is -3.68. The van der Waals surface area contributed by atoms with Gasteiger partial charge in [0.25, 0.3) is 10.1 Å². The summed E-state index contributed by atoms with van der Waals surface area (Å²) in [6, 6.07) is 0. The number of fused-ring (bicyclic) bond motifs is 1. The van der Waals surface area contributed by atoms with Gasteiger partial charge in [0.05, 0.1) is 19.5 Å². The molecule has 3 saturated carbocycles. The van der Waals surface area contributed by atoms with Crippen molar-refractivity contribution in [2.45, 2.75) is 85.4 Å². The summed E-state index contributed by atoms with van der Waals surface area (Å²) < 4.78 is 46.2. The second-order valence-electron chi connectivity index (χ2n) is 11.7. The molecule has 9 nitrogen and oxygen atoms in total. The first kappa shape index (κ1) is 29.6. The molecule has 10 heteroatoms. The van der Waals surface area contributed by atoms with Gasteiger partial charge in [0, 0.05) is 26.7 Å². The number of ether oxygens (including phenoxy) is 3. The van der Waals surface area contributed by atoms with Gasteiger partial charge >= 0.3 is 17.9 Å². The lowest BCUT2D eigenvalue weighted by Gasteiger charge is -2.56. The number of carbonyl (C=O) groups excluding carboxylic acids is 3. The molecule has 3 fully saturated rings. The van der Waals surface area contributed by atoms with Crippen molar-refractivity contribution in [2.75, 3.05) is 19.5 Å². The maximum Gasteiger partial charge on any atom is 0.303 e. The van der Waals surface area contributed by atoms with Crippen LogP contribution in [0.2, 0.25) is 0 Å². The summed E-state index contributed by atoms with van der Waals surface area (Å²) in [5.41, 5.74) is 0.231. The van der Waals surface area contributed by atoms with Crippen LogP contribution >= 0.6 is 0 Å². The molecule has 0 spiro atoms. The molecule has 0 aliphatic heterocycles.